The van der Waals surface area contributed by atoms with Crippen LogP contribution in [0.3, 0.4) is 0 Å². The number of carbonyl (C=O) groups excluding carboxylic acids is 1. The number of halogens is 1. The first-order chi connectivity index (χ1) is 12.5. The largest absolute Gasteiger partial charge is 0.478 e. The number of amides is 1. The molecule has 0 bridgehead atoms. The maximum atomic E-state index is 13.2. The van der Waals surface area contributed by atoms with Crippen molar-refractivity contribution in [1.29, 1.82) is 0 Å². The quantitative estimate of drug-likeness (QED) is 0.759. The van der Waals surface area contributed by atoms with E-state index in [4.69, 9.17) is 5.11 Å². The van der Waals surface area contributed by atoms with Crippen LogP contribution in [-0.2, 0) is 4.79 Å². The molecule has 0 radical (unpaired) electrons. The van der Waals surface area contributed by atoms with Crippen LogP contribution in [0.2, 0.25) is 0 Å². The van der Waals surface area contributed by atoms with Gasteiger partial charge in [0, 0.05) is 18.0 Å². The molecular weight excluding hydrogens is 337 g/mol. The lowest BCUT2D eigenvalue weighted by Gasteiger charge is -2.23. The molecule has 6 nitrogen and oxygen atoms in total. The van der Waals surface area contributed by atoms with E-state index in [2.05, 4.69) is 10.3 Å². The molecule has 3 aromatic rings. The van der Waals surface area contributed by atoms with Crippen molar-refractivity contribution < 1.29 is 19.1 Å². The Morgan fingerprint density at radius 3 is 2.50 bits per heavy atom. The first-order valence-electron chi connectivity index (χ1n) is 7.99. The lowest BCUT2D eigenvalue weighted by molar-refractivity contribution is -0.116. The number of carboxylic acid groups (broad SMARTS) is 1. The molecule has 0 spiro atoms. The minimum absolute atomic E-state index is 0.159. The molecule has 1 amide bonds. The van der Waals surface area contributed by atoms with Crippen molar-refractivity contribution >= 4 is 17.7 Å². The number of hydrogen-bond donors (Lipinski definition) is 2. The van der Waals surface area contributed by atoms with Gasteiger partial charge < -0.3 is 10.4 Å². The molecule has 4 rings (SSSR count). The summed E-state index contributed by atoms with van der Waals surface area (Å²) in [6.45, 7) is 0. The van der Waals surface area contributed by atoms with E-state index in [1.54, 1.807) is 35.2 Å². The molecule has 0 unspecified atom stereocenters. The molecule has 1 aromatic heterocycles. The molecule has 0 fully saturated rings. The molecule has 2 aromatic carbocycles. The number of fused-ring (bicyclic) bond motifs is 1. The number of rotatable bonds is 3. The molecule has 1 atom stereocenters. The average molecular weight is 351 g/mol. The van der Waals surface area contributed by atoms with Gasteiger partial charge in [-0.2, -0.15) is 0 Å². The van der Waals surface area contributed by atoms with Crippen LogP contribution in [0, 0.1) is 5.82 Å². The maximum Gasteiger partial charge on any atom is 0.335 e. The van der Waals surface area contributed by atoms with Gasteiger partial charge in [0.2, 0.25) is 5.91 Å². The number of anilines is 1. The Kier molecular flexibility index (Phi) is 3.76. The number of carbonyl (C=O) groups is 2. The minimum Gasteiger partial charge on any atom is -0.478 e. The Hall–Kier alpha value is -3.48. The van der Waals surface area contributed by atoms with E-state index in [0.717, 1.165) is 5.56 Å². The number of hydrogen-bond acceptors (Lipinski definition) is 3. The summed E-state index contributed by atoms with van der Waals surface area (Å²) in [6.07, 6.45) is 1.81. The number of aromatic carboxylic acids is 1. The second-order valence-corrected chi connectivity index (χ2v) is 6.06. The number of aromatic nitrogens is 2. The van der Waals surface area contributed by atoms with Crippen LogP contribution in [0.25, 0.3) is 5.69 Å². The lowest BCUT2D eigenvalue weighted by Crippen LogP contribution is -2.25. The van der Waals surface area contributed by atoms with Gasteiger partial charge in [0.05, 0.1) is 11.3 Å². The Bertz CT molecular complexity index is 994. The Morgan fingerprint density at radius 2 is 1.85 bits per heavy atom. The van der Waals surface area contributed by atoms with Gasteiger partial charge in [-0.15, -0.1) is 0 Å². The van der Waals surface area contributed by atoms with Crippen molar-refractivity contribution in [3.63, 3.8) is 0 Å². The molecule has 130 valence electrons. The summed E-state index contributed by atoms with van der Waals surface area (Å²) in [5.41, 5.74) is 2.38. The third-order valence-electron chi connectivity index (χ3n) is 4.44. The maximum absolute atomic E-state index is 13.2. The molecule has 2 N–H and O–H groups in total. The van der Waals surface area contributed by atoms with Crippen LogP contribution in [0.4, 0.5) is 10.2 Å². The van der Waals surface area contributed by atoms with Crippen molar-refractivity contribution in [3.05, 3.63) is 77.5 Å². The third-order valence-corrected chi connectivity index (χ3v) is 4.44. The van der Waals surface area contributed by atoms with Gasteiger partial charge in [-0.05, 0) is 42.0 Å². The SMILES string of the molecule is O=C1C[C@H](c2ccc(C(=O)O)cc2)c2ncn(-c3ccc(F)cc3)c2N1. The van der Waals surface area contributed by atoms with E-state index < -0.39 is 5.97 Å². The molecule has 7 heteroatoms. The topological polar surface area (TPSA) is 84.2 Å². The van der Waals surface area contributed by atoms with E-state index in [9.17, 15) is 14.0 Å². The first kappa shape index (κ1) is 16.0. The van der Waals surface area contributed by atoms with Gasteiger partial charge in [-0.25, -0.2) is 14.2 Å². The van der Waals surface area contributed by atoms with E-state index in [0.29, 0.717) is 17.2 Å². The van der Waals surface area contributed by atoms with Gasteiger partial charge in [-0.1, -0.05) is 12.1 Å². The van der Waals surface area contributed by atoms with Crippen molar-refractivity contribution in [3.8, 4) is 5.69 Å². The standard InChI is InChI=1S/C19H14FN3O3/c20-13-5-7-14(8-6-13)23-10-21-17-15(9-16(24)22-18(17)23)11-1-3-12(4-2-11)19(25)26/h1-8,10,15H,9H2,(H,22,24)(H,25,26)/t15-/m1/s1. The van der Waals surface area contributed by atoms with E-state index in [1.165, 1.54) is 24.3 Å². The molecular formula is C19H14FN3O3. The fourth-order valence-electron chi connectivity index (χ4n) is 3.14. The van der Waals surface area contributed by atoms with Crippen LogP contribution in [0.1, 0.15) is 34.0 Å². The predicted molar refractivity (Wildman–Crippen MR) is 92.0 cm³/mol. The van der Waals surface area contributed by atoms with Crippen LogP contribution in [0.15, 0.2) is 54.9 Å². The zero-order valence-corrected chi connectivity index (χ0v) is 13.5. The Labute approximate surface area is 147 Å². The zero-order valence-electron chi connectivity index (χ0n) is 13.5. The summed E-state index contributed by atoms with van der Waals surface area (Å²) < 4.78 is 14.9. The Balaban J connectivity index is 1.76. The number of carboxylic acids is 1. The highest BCUT2D eigenvalue weighted by Crippen LogP contribution is 2.37. The number of nitrogens with zero attached hydrogens (tertiary/aromatic N) is 2. The van der Waals surface area contributed by atoms with Crippen molar-refractivity contribution in [2.75, 3.05) is 5.32 Å². The summed E-state index contributed by atoms with van der Waals surface area (Å²) in [6, 6.07) is 12.3. The highest BCUT2D eigenvalue weighted by atomic mass is 19.1. The number of imidazole rings is 1. The van der Waals surface area contributed by atoms with Gasteiger partial charge in [0.15, 0.2) is 0 Å². The van der Waals surface area contributed by atoms with E-state index >= 15 is 0 Å². The molecule has 0 saturated heterocycles. The predicted octanol–water partition coefficient (Wildman–Crippen LogP) is 3.18. The normalized spacial score (nSPS) is 16.0. The smallest absolute Gasteiger partial charge is 0.335 e. The van der Waals surface area contributed by atoms with Crippen LogP contribution in [-0.4, -0.2) is 26.5 Å². The molecule has 1 aliphatic rings. The van der Waals surface area contributed by atoms with E-state index in [-0.39, 0.29) is 29.6 Å². The summed E-state index contributed by atoms with van der Waals surface area (Å²) in [5.74, 6) is -1.24. The monoisotopic (exact) mass is 351 g/mol. The van der Waals surface area contributed by atoms with Crippen LogP contribution < -0.4 is 5.32 Å². The highest BCUT2D eigenvalue weighted by molar-refractivity contribution is 5.94. The van der Waals surface area contributed by atoms with Crippen LogP contribution in [0.5, 0.6) is 0 Å². The highest BCUT2D eigenvalue weighted by Gasteiger charge is 2.31. The molecule has 0 saturated carbocycles. The van der Waals surface area contributed by atoms with Crippen molar-refractivity contribution in [2.45, 2.75) is 12.3 Å². The summed E-state index contributed by atoms with van der Waals surface area (Å²) in [4.78, 5) is 27.7. The second-order valence-electron chi connectivity index (χ2n) is 6.06. The van der Waals surface area contributed by atoms with Crippen molar-refractivity contribution in [2.24, 2.45) is 0 Å². The van der Waals surface area contributed by atoms with Crippen molar-refractivity contribution in [1.82, 2.24) is 9.55 Å². The summed E-state index contributed by atoms with van der Waals surface area (Å²) in [7, 11) is 0. The average Bonchev–Trinajstić information content (AvgIpc) is 3.05. The molecule has 2 heterocycles. The molecule has 0 aliphatic carbocycles. The second kappa shape index (κ2) is 6.11. The van der Waals surface area contributed by atoms with Gasteiger partial charge in [0.25, 0.3) is 0 Å². The van der Waals surface area contributed by atoms with Crippen LogP contribution >= 0.6 is 0 Å². The Morgan fingerprint density at radius 1 is 1.15 bits per heavy atom. The zero-order chi connectivity index (χ0) is 18.3. The van der Waals surface area contributed by atoms with Gasteiger partial charge in [0.1, 0.15) is 18.0 Å². The number of nitrogens with one attached hydrogen (secondary N) is 1. The van der Waals surface area contributed by atoms with E-state index in [1.807, 2.05) is 0 Å². The molecule has 26 heavy (non-hydrogen) atoms. The van der Waals surface area contributed by atoms with Gasteiger partial charge in [-0.3, -0.25) is 9.36 Å². The summed E-state index contributed by atoms with van der Waals surface area (Å²) >= 11 is 0. The minimum atomic E-state index is -1.00. The fraction of sp³-hybridized carbons (Fsp3) is 0.105. The molecule has 1 aliphatic heterocycles. The summed E-state index contributed by atoms with van der Waals surface area (Å²) in [5, 5.41) is 11.9. The lowest BCUT2D eigenvalue weighted by atomic mass is 9.89. The fourth-order valence-corrected chi connectivity index (χ4v) is 3.14. The van der Waals surface area contributed by atoms with Gasteiger partial charge >= 0.3 is 5.97 Å². The third kappa shape index (κ3) is 2.73. The number of benzene rings is 2. The first-order valence-corrected chi connectivity index (χ1v) is 7.99.